The fourth-order valence-corrected chi connectivity index (χ4v) is 1.99. The van der Waals surface area contributed by atoms with Crippen molar-refractivity contribution in [2.24, 2.45) is 11.5 Å². The first-order valence-electron chi connectivity index (χ1n) is 5.33. The molecule has 0 heterocycles. The average molecular weight is 327 g/mol. The summed E-state index contributed by atoms with van der Waals surface area (Å²) in [5, 5.41) is 0. The smallest absolute Gasteiger partial charge is 0.406 e. The van der Waals surface area contributed by atoms with Crippen molar-refractivity contribution >= 4 is 15.9 Å². The van der Waals surface area contributed by atoms with E-state index in [0.717, 1.165) is 0 Å². The summed E-state index contributed by atoms with van der Waals surface area (Å²) in [6.45, 7) is 0.494. The fourth-order valence-electron chi connectivity index (χ4n) is 1.50. The molecule has 0 aliphatic heterocycles. The lowest BCUT2D eigenvalue weighted by molar-refractivity contribution is -0.274. The molecule has 0 amide bonds. The zero-order chi connectivity index (χ0) is 13.8. The monoisotopic (exact) mass is 326 g/mol. The molecule has 0 fully saturated rings. The molecular formula is C11H14BrF3N2O. The van der Waals surface area contributed by atoms with Crippen molar-refractivity contribution in [2.75, 3.05) is 6.54 Å². The van der Waals surface area contributed by atoms with E-state index in [9.17, 15) is 13.2 Å². The van der Waals surface area contributed by atoms with Crippen LogP contribution in [0.3, 0.4) is 0 Å². The molecule has 0 aliphatic rings. The number of nitrogens with two attached hydrogens (primary N) is 2. The third-order valence-corrected chi connectivity index (χ3v) is 2.73. The van der Waals surface area contributed by atoms with Crippen molar-refractivity contribution in [3.05, 3.63) is 28.2 Å². The summed E-state index contributed by atoms with van der Waals surface area (Å²) in [7, 11) is 0. The molecule has 1 rings (SSSR count). The molecule has 0 aliphatic carbocycles. The third-order valence-electron chi connectivity index (χ3n) is 2.27. The molecule has 4 N–H and O–H groups in total. The summed E-state index contributed by atoms with van der Waals surface area (Å²) in [5.41, 5.74) is 11.8. The van der Waals surface area contributed by atoms with Crippen molar-refractivity contribution in [1.29, 1.82) is 0 Å². The number of hydrogen-bond acceptors (Lipinski definition) is 3. The van der Waals surface area contributed by atoms with Crippen LogP contribution in [0.4, 0.5) is 13.2 Å². The highest BCUT2D eigenvalue weighted by atomic mass is 79.9. The van der Waals surface area contributed by atoms with Gasteiger partial charge in [0.15, 0.2) is 0 Å². The molecule has 3 nitrogen and oxygen atoms in total. The average Bonchev–Trinajstić information content (AvgIpc) is 2.22. The molecule has 1 aromatic carbocycles. The number of alkyl halides is 3. The summed E-state index contributed by atoms with van der Waals surface area (Å²) in [6.07, 6.45) is -3.39. The van der Waals surface area contributed by atoms with E-state index in [1.165, 1.54) is 12.1 Å². The Bertz CT molecular complexity index is 398. The number of benzene rings is 1. The van der Waals surface area contributed by atoms with Crippen molar-refractivity contribution in [1.82, 2.24) is 0 Å². The maximum atomic E-state index is 12.1. The number of rotatable bonds is 5. The van der Waals surface area contributed by atoms with Crippen LogP contribution in [0.1, 0.15) is 24.4 Å². The Labute approximate surface area is 111 Å². The van der Waals surface area contributed by atoms with E-state index >= 15 is 0 Å². The quantitative estimate of drug-likeness (QED) is 0.874. The molecule has 0 aromatic heterocycles. The predicted octanol–water partition coefficient (Wildman–Crippen LogP) is 3.09. The summed E-state index contributed by atoms with van der Waals surface area (Å²) in [6, 6.07) is 3.85. The first kappa shape index (κ1) is 15.3. The van der Waals surface area contributed by atoms with E-state index < -0.39 is 6.36 Å². The van der Waals surface area contributed by atoms with Crippen LogP contribution in [-0.2, 0) is 0 Å². The Hall–Kier alpha value is -0.790. The first-order valence-corrected chi connectivity index (χ1v) is 6.13. The number of hydrogen-bond donors (Lipinski definition) is 2. The highest BCUT2D eigenvalue weighted by Crippen LogP contribution is 2.29. The van der Waals surface area contributed by atoms with Gasteiger partial charge < -0.3 is 16.2 Å². The Morgan fingerprint density at radius 3 is 2.50 bits per heavy atom. The van der Waals surface area contributed by atoms with Crippen LogP contribution < -0.4 is 16.2 Å². The minimum Gasteiger partial charge on any atom is -0.406 e. The van der Waals surface area contributed by atoms with Gasteiger partial charge in [-0.1, -0.05) is 15.9 Å². The molecule has 0 spiro atoms. The van der Waals surface area contributed by atoms with Gasteiger partial charge in [-0.05, 0) is 43.1 Å². The first-order chi connectivity index (χ1) is 8.31. The van der Waals surface area contributed by atoms with Gasteiger partial charge in [-0.3, -0.25) is 0 Å². The van der Waals surface area contributed by atoms with Gasteiger partial charge in [-0.25, -0.2) is 0 Å². The molecule has 0 radical (unpaired) electrons. The Morgan fingerprint density at radius 2 is 1.94 bits per heavy atom. The van der Waals surface area contributed by atoms with E-state index in [2.05, 4.69) is 20.7 Å². The fraction of sp³-hybridized carbons (Fsp3) is 0.455. The zero-order valence-corrected chi connectivity index (χ0v) is 11.1. The second kappa shape index (κ2) is 6.40. The van der Waals surface area contributed by atoms with E-state index in [4.69, 9.17) is 11.5 Å². The van der Waals surface area contributed by atoms with Gasteiger partial charge >= 0.3 is 6.36 Å². The maximum Gasteiger partial charge on any atom is 0.573 e. The van der Waals surface area contributed by atoms with E-state index in [0.29, 0.717) is 29.4 Å². The molecule has 7 heteroatoms. The molecule has 102 valence electrons. The standard InChI is InChI=1S/C11H14BrF3N2O/c12-8-4-7(10(17)2-1-3-16)5-9(6-8)18-11(13,14)15/h4-6,10H,1-3,16-17H2/t10-/m1/s1. The zero-order valence-electron chi connectivity index (χ0n) is 9.51. The highest BCUT2D eigenvalue weighted by Gasteiger charge is 2.31. The van der Waals surface area contributed by atoms with Crippen molar-refractivity contribution in [3.63, 3.8) is 0 Å². The Morgan fingerprint density at radius 1 is 1.28 bits per heavy atom. The topological polar surface area (TPSA) is 61.3 Å². The molecule has 0 saturated carbocycles. The Kier molecular flexibility index (Phi) is 5.43. The normalized spacial score (nSPS) is 13.4. The minimum atomic E-state index is -4.71. The minimum absolute atomic E-state index is 0.282. The van der Waals surface area contributed by atoms with Crippen LogP contribution in [0.15, 0.2) is 22.7 Å². The molecule has 0 unspecified atom stereocenters. The molecule has 0 bridgehead atoms. The highest BCUT2D eigenvalue weighted by molar-refractivity contribution is 9.10. The van der Waals surface area contributed by atoms with Gasteiger partial charge in [-0.2, -0.15) is 0 Å². The van der Waals surface area contributed by atoms with Crippen LogP contribution >= 0.6 is 15.9 Å². The summed E-state index contributed by atoms with van der Waals surface area (Å²) >= 11 is 3.13. The molecule has 1 atom stereocenters. The van der Waals surface area contributed by atoms with Crippen LogP contribution in [0.25, 0.3) is 0 Å². The van der Waals surface area contributed by atoms with Crippen LogP contribution in [0.2, 0.25) is 0 Å². The number of ether oxygens (including phenoxy) is 1. The van der Waals surface area contributed by atoms with Gasteiger partial charge in [0, 0.05) is 10.5 Å². The predicted molar refractivity (Wildman–Crippen MR) is 66.0 cm³/mol. The van der Waals surface area contributed by atoms with Gasteiger partial charge in [-0.15, -0.1) is 13.2 Å². The molecular weight excluding hydrogens is 313 g/mol. The van der Waals surface area contributed by atoms with Gasteiger partial charge in [0.05, 0.1) is 0 Å². The van der Waals surface area contributed by atoms with E-state index in [1.54, 1.807) is 6.07 Å². The van der Waals surface area contributed by atoms with Crippen molar-refractivity contribution in [2.45, 2.75) is 25.2 Å². The summed E-state index contributed by atoms with van der Waals surface area (Å²) in [4.78, 5) is 0. The van der Waals surface area contributed by atoms with Crippen LogP contribution in [0, 0.1) is 0 Å². The summed E-state index contributed by atoms with van der Waals surface area (Å²) in [5.74, 6) is -0.282. The SMILES string of the molecule is NCCC[C@@H](N)c1cc(Br)cc(OC(F)(F)F)c1. The van der Waals surface area contributed by atoms with Crippen molar-refractivity contribution in [3.8, 4) is 5.75 Å². The molecule has 18 heavy (non-hydrogen) atoms. The molecule has 0 saturated heterocycles. The largest absolute Gasteiger partial charge is 0.573 e. The van der Waals surface area contributed by atoms with Crippen LogP contribution in [-0.4, -0.2) is 12.9 Å². The van der Waals surface area contributed by atoms with Gasteiger partial charge in [0.1, 0.15) is 5.75 Å². The second-order valence-corrected chi connectivity index (χ2v) is 4.72. The summed E-state index contributed by atoms with van der Waals surface area (Å²) < 4.78 is 40.7. The molecule has 1 aromatic rings. The van der Waals surface area contributed by atoms with Gasteiger partial charge in [0.2, 0.25) is 0 Å². The Balaban J connectivity index is 2.86. The maximum absolute atomic E-state index is 12.1. The van der Waals surface area contributed by atoms with E-state index in [1.807, 2.05) is 0 Å². The lowest BCUT2D eigenvalue weighted by Crippen LogP contribution is -2.18. The second-order valence-electron chi connectivity index (χ2n) is 3.81. The van der Waals surface area contributed by atoms with Gasteiger partial charge in [0.25, 0.3) is 0 Å². The van der Waals surface area contributed by atoms with Crippen molar-refractivity contribution < 1.29 is 17.9 Å². The van der Waals surface area contributed by atoms with Crippen LogP contribution in [0.5, 0.6) is 5.75 Å². The van der Waals surface area contributed by atoms with E-state index in [-0.39, 0.29) is 11.8 Å². The third kappa shape index (κ3) is 5.24. The number of halogens is 4. The lowest BCUT2D eigenvalue weighted by atomic mass is 10.0. The lowest BCUT2D eigenvalue weighted by Gasteiger charge is -2.15.